The average molecular weight is 426 g/mol. The van der Waals surface area contributed by atoms with Gasteiger partial charge in [-0.25, -0.2) is 10.2 Å². The molecule has 1 heterocycles. The number of carbonyl (C=O) groups excluding carboxylic acids is 1. The lowest BCUT2D eigenvalue weighted by Crippen LogP contribution is -2.24. The van der Waals surface area contributed by atoms with Gasteiger partial charge in [-0.1, -0.05) is 97.1 Å². The van der Waals surface area contributed by atoms with E-state index in [9.17, 15) is 4.79 Å². The first-order valence-corrected chi connectivity index (χ1v) is 10.9. The van der Waals surface area contributed by atoms with Gasteiger partial charge in [0.05, 0.1) is 11.5 Å². The first-order chi connectivity index (χ1) is 15.2. The number of carbonyl (C=O) groups is 1. The van der Waals surface area contributed by atoms with Gasteiger partial charge in [0.2, 0.25) is 0 Å². The van der Waals surface area contributed by atoms with Crippen molar-refractivity contribution in [3.05, 3.63) is 125 Å². The fraction of sp³-hybridized carbons (Fsp3) is 0.0769. The molecule has 0 spiro atoms. The van der Waals surface area contributed by atoms with Crippen LogP contribution in [0.15, 0.2) is 113 Å². The van der Waals surface area contributed by atoms with Gasteiger partial charge in [-0.15, -0.1) is 11.8 Å². The lowest BCUT2D eigenvalue weighted by molar-refractivity contribution is 0.249. The largest absolute Gasteiger partial charge is 0.350 e. The zero-order valence-electron chi connectivity index (χ0n) is 16.9. The summed E-state index contributed by atoms with van der Waals surface area (Å²) in [6.45, 7) is 0. The zero-order chi connectivity index (χ0) is 21.5. The third-order valence-corrected chi connectivity index (χ3v) is 6.46. The minimum Gasteiger partial charge on any atom is -0.350 e. The van der Waals surface area contributed by atoms with Gasteiger partial charge in [0.1, 0.15) is 0 Å². The number of amides is 2. The van der Waals surface area contributed by atoms with Gasteiger partial charge in [-0.05, 0) is 28.7 Å². The Morgan fingerprint density at radius 3 is 2.19 bits per heavy atom. The van der Waals surface area contributed by atoms with Crippen LogP contribution in [0.25, 0.3) is 4.91 Å². The molecule has 5 heteroatoms. The minimum absolute atomic E-state index is 0.179. The van der Waals surface area contributed by atoms with Crippen molar-refractivity contribution < 1.29 is 4.79 Å². The molecule has 31 heavy (non-hydrogen) atoms. The van der Waals surface area contributed by atoms with Crippen molar-refractivity contribution in [1.82, 2.24) is 5.43 Å². The van der Waals surface area contributed by atoms with E-state index in [0.717, 1.165) is 22.5 Å². The van der Waals surface area contributed by atoms with Gasteiger partial charge in [0.25, 0.3) is 0 Å². The Morgan fingerprint density at radius 2 is 1.55 bits per heavy atom. The maximum absolute atomic E-state index is 11.1. The highest BCUT2D eigenvalue weighted by atomic mass is 32.2. The van der Waals surface area contributed by atoms with Gasteiger partial charge in [-0.2, -0.15) is 5.10 Å². The van der Waals surface area contributed by atoms with Crippen LogP contribution in [-0.2, 0) is 6.42 Å². The van der Waals surface area contributed by atoms with E-state index in [1.165, 1.54) is 16.7 Å². The Labute approximate surface area is 186 Å². The van der Waals surface area contributed by atoms with Gasteiger partial charge < -0.3 is 5.73 Å². The van der Waals surface area contributed by atoms with E-state index in [1.807, 2.05) is 42.1 Å². The number of primary amides is 1. The summed E-state index contributed by atoms with van der Waals surface area (Å²) in [6, 6.07) is 30.6. The van der Waals surface area contributed by atoms with Gasteiger partial charge in [0.15, 0.2) is 0 Å². The second-order valence-corrected chi connectivity index (χ2v) is 8.29. The number of allylic oxidation sites excluding steroid dienone is 2. The van der Waals surface area contributed by atoms with Crippen molar-refractivity contribution in [2.24, 2.45) is 10.8 Å². The highest BCUT2D eigenvalue weighted by molar-refractivity contribution is 8.08. The Morgan fingerprint density at radius 1 is 0.935 bits per heavy atom. The molecule has 3 aromatic carbocycles. The summed E-state index contributed by atoms with van der Waals surface area (Å²) in [4.78, 5) is 12.2. The SMILES string of the molecule is NC(=O)N/N=C\C1=C(c2ccccc2)S[C@H](c2ccccc2)C(Cc2ccccc2)=C1. The number of nitrogens with zero attached hydrogens (tertiary/aromatic N) is 1. The molecule has 0 aliphatic carbocycles. The number of hydrazone groups is 1. The van der Waals surface area contributed by atoms with Crippen LogP contribution in [0.4, 0.5) is 4.79 Å². The molecule has 0 fully saturated rings. The Balaban J connectivity index is 1.80. The highest BCUT2D eigenvalue weighted by Gasteiger charge is 2.26. The Kier molecular flexibility index (Phi) is 6.65. The molecule has 154 valence electrons. The van der Waals surface area contributed by atoms with Crippen LogP contribution in [0.5, 0.6) is 0 Å². The summed E-state index contributed by atoms with van der Waals surface area (Å²) < 4.78 is 0. The molecule has 0 saturated heterocycles. The number of nitrogens with one attached hydrogen (secondary N) is 1. The monoisotopic (exact) mass is 425 g/mol. The van der Waals surface area contributed by atoms with E-state index < -0.39 is 6.03 Å². The third-order valence-electron chi connectivity index (χ3n) is 4.94. The topological polar surface area (TPSA) is 67.5 Å². The number of hydrogen-bond donors (Lipinski definition) is 2. The molecule has 0 aromatic heterocycles. The molecule has 4 nitrogen and oxygen atoms in total. The number of urea groups is 1. The molecule has 3 aromatic rings. The van der Waals surface area contributed by atoms with Gasteiger partial charge in [-0.3, -0.25) is 0 Å². The van der Waals surface area contributed by atoms with E-state index >= 15 is 0 Å². The predicted octanol–water partition coefficient (Wildman–Crippen LogP) is 5.71. The molecule has 4 rings (SSSR count). The number of benzene rings is 3. The first-order valence-electron chi connectivity index (χ1n) is 10.0. The first kappa shape index (κ1) is 20.7. The fourth-order valence-electron chi connectivity index (χ4n) is 3.57. The van der Waals surface area contributed by atoms with Crippen LogP contribution in [0, 0.1) is 0 Å². The van der Waals surface area contributed by atoms with Gasteiger partial charge >= 0.3 is 6.03 Å². The van der Waals surface area contributed by atoms with E-state index in [-0.39, 0.29) is 5.25 Å². The molecule has 0 radical (unpaired) electrons. The molecule has 1 aliphatic rings. The second-order valence-electron chi connectivity index (χ2n) is 7.17. The van der Waals surface area contributed by atoms with Crippen LogP contribution in [0.2, 0.25) is 0 Å². The lowest BCUT2D eigenvalue weighted by atomic mass is 9.95. The number of hydrogen-bond acceptors (Lipinski definition) is 3. The molecule has 3 N–H and O–H groups in total. The summed E-state index contributed by atoms with van der Waals surface area (Å²) in [5.41, 5.74) is 13.3. The third kappa shape index (κ3) is 5.32. The molecule has 0 bridgehead atoms. The zero-order valence-corrected chi connectivity index (χ0v) is 17.8. The van der Waals surface area contributed by atoms with E-state index in [1.54, 1.807) is 6.21 Å². The Hall–Kier alpha value is -3.57. The van der Waals surface area contributed by atoms with Crippen molar-refractivity contribution in [3.63, 3.8) is 0 Å². The number of rotatable bonds is 6. The van der Waals surface area contributed by atoms with E-state index in [0.29, 0.717) is 0 Å². The maximum atomic E-state index is 11.1. The maximum Gasteiger partial charge on any atom is 0.332 e. The van der Waals surface area contributed by atoms with Crippen LogP contribution >= 0.6 is 11.8 Å². The molecule has 1 aliphatic heterocycles. The summed E-state index contributed by atoms with van der Waals surface area (Å²) in [6.07, 6.45) is 4.69. The minimum atomic E-state index is -0.683. The van der Waals surface area contributed by atoms with Gasteiger partial charge in [0, 0.05) is 10.5 Å². The normalized spacial score (nSPS) is 16.3. The van der Waals surface area contributed by atoms with Crippen molar-refractivity contribution in [3.8, 4) is 0 Å². The standard InChI is InChI=1S/C26H23N3OS/c27-26(30)29-28-18-23-17-22(16-19-10-4-1-5-11-19)24(20-12-6-2-7-13-20)31-25(23)21-14-8-3-9-15-21/h1-15,17-18,24H,16H2,(H3,27,29,30)/b28-18-/t24-/m1/s1. The Bertz CT molecular complexity index is 1120. The summed E-state index contributed by atoms with van der Waals surface area (Å²) in [5.74, 6) is 0. The smallest absolute Gasteiger partial charge is 0.332 e. The predicted molar refractivity (Wildman–Crippen MR) is 130 cm³/mol. The summed E-state index contributed by atoms with van der Waals surface area (Å²) in [5, 5.41) is 4.22. The van der Waals surface area contributed by atoms with Crippen LogP contribution in [0.1, 0.15) is 21.9 Å². The van der Waals surface area contributed by atoms with E-state index in [2.05, 4.69) is 77.3 Å². The van der Waals surface area contributed by atoms with Crippen molar-refractivity contribution in [1.29, 1.82) is 0 Å². The van der Waals surface area contributed by atoms with Crippen molar-refractivity contribution >= 4 is 28.9 Å². The van der Waals surface area contributed by atoms with Crippen LogP contribution in [-0.4, -0.2) is 12.2 Å². The average Bonchev–Trinajstić information content (AvgIpc) is 2.81. The second kappa shape index (κ2) is 9.96. The summed E-state index contributed by atoms with van der Waals surface area (Å²) >= 11 is 1.81. The van der Waals surface area contributed by atoms with E-state index in [4.69, 9.17) is 5.73 Å². The fourth-order valence-corrected chi connectivity index (χ4v) is 4.92. The lowest BCUT2D eigenvalue weighted by Gasteiger charge is -2.28. The molecule has 0 unspecified atom stereocenters. The molecular formula is C26H23N3OS. The summed E-state index contributed by atoms with van der Waals surface area (Å²) in [7, 11) is 0. The van der Waals surface area contributed by atoms with Crippen molar-refractivity contribution in [2.75, 3.05) is 0 Å². The van der Waals surface area contributed by atoms with Crippen LogP contribution in [0.3, 0.4) is 0 Å². The molecule has 2 amide bonds. The van der Waals surface area contributed by atoms with Crippen molar-refractivity contribution in [2.45, 2.75) is 11.7 Å². The molecule has 1 atom stereocenters. The highest BCUT2D eigenvalue weighted by Crippen LogP contribution is 2.49. The molecular weight excluding hydrogens is 402 g/mol. The molecule has 0 saturated carbocycles. The van der Waals surface area contributed by atoms with Crippen LogP contribution < -0.4 is 11.2 Å². The number of nitrogens with two attached hydrogens (primary N) is 1. The quantitative estimate of drug-likeness (QED) is 0.392. The number of thioether (sulfide) groups is 1.